The second-order valence-electron chi connectivity index (χ2n) is 4.63. The van der Waals surface area contributed by atoms with E-state index in [1.807, 2.05) is 6.92 Å². The Morgan fingerprint density at radius 2 is 1.86 bits per heavy atom. The number of esters is 1. The number of halogens is 1. The predicted molar refractivity (Wildman–Crippen MR) is 80.6 cm³/mol. The fourth-order valence-corrected chi connectivity index (χ4v) is 1.89. The Morgan fingerprint density at radius 1 is 1.14 bits per heavy atom. The molecule has 0 aliphatic rings. The van der Waals surface area contributed by atoms with Crippen molar-refractivity contribution in [3.8, 4) is 0 Å². The van der Waals surface area contributed by atoms with Crippen LogP contribution in [0.1, 0.15) is 38.3 Å². The zero-order valence-corrected chi connectivity index (χ0v) is 13.1. The number of rotatable bonds is 11. The van der Waals surface area contributed by atoms with Gasteiger partial charge in [-0.2, -0.15) is 0 Å². The molecule has 0 heterocycles. The number of carbonyl (C=O) groups excluding carboxylic acids is 1. The minimum Gasteiger partial charge on any atom is -0.465 e. The molecular formula is C16H24FNO4. The van der Waals surface area contributed by atoms with E-state index in [1.165, 1.54) is 12.1 Å². The van der Waals surface area contributed by atoms with Crippen LogP contribution in [-0.4, -0.2) is 32.3 Å². The van der Waals surface area contributed by atoms with Gasteiger partial charge in [0, 0.05) is 0 Å². The molecule has 1 unspecified atom stereocenters. The van der Waals surface area contributed by atoms with E-state index in [9.17, 15) is 9.18 Å². The fourth-order valence-electron chi connectivity index (χ4n) is 1.89. The largest absolute Gasteiger partial charge is 0.465 e. The first-order valence-corrected chi connectivity index (χ1v) is 7.59. The highest BCUT2D eigenvalue weighted by atomic mass is 19.1. The molecule has 6 heteroatoms. The van der Waals surface area contributed by atoms with Crippen molar-refractivity contribution in [2.24, 2.45) is 0 Å². The van der Waals surface area contributed by atoms with Crippen molar-refractivity contribution in [3.63, 3.8) is 0 Å². The van der Waals surface area contributed by atoms with E-state index in [2.05, 4.69) is 5.32 Å². The molecule has 124 valence electrons. The zero-order chi connectivity index (χ0) is 16.2. The van der Waals surface area contributed by atoms with Crippen LogP contribution in [-0.2, 0) is 19.3 Å². The maximum Gasteiger partial charge on any atom is 0.327 e. The van der Waals surface area contributed by atoms with Crippen LogP contribution in [0, 0.1) is 5.82 Å². The lowest BCUT2D eigenvalue weighted by atomic mass is 10.1. The van der Waals surface area contributed by atoms with Crippen LogP contribution in [0.15, 0.2) is 24.3 Å². The van der Waals surface area contributed by atoms with Gasteiger partial charge in [0.15, 0.2) is 0 Å². The van der Waals surface area contributed by atoms with Crippen molar-refractivity contribution in [2.75, 3.05) is 26.4 Å². The van der Waals surface area contributed by atoms with Gasteiger partial charge in [-0.15, -0.1) is 0 Å². The summed E-state index contributed by atoms with van der Waals surface area (Å²) in [4.78, 5) is 21.7. The van der Waals surface area contributed by atoms with Gasteiger partial charge in [0.25, 0.3) is 0 Å². The maximum absolute atomic E-state index is 13.0. The average Bonchev–Trinajstić information content (AvgIpc) is 2.51. The second-order valence-corrected chi connectivity index (χ2v) is 4.63. The highest BCUT2D eigenvalue weighted by Crippen LogP contribution is 2.15. The Balaban J connectivity index is 2.45. The standard InChI is InChI=1S/C16H24FNO4/c1-3-20-16(19)15(13-7-9-14(17)10-8-13)18-11-5-6-12-22-21-4-2/h7-10,15,18H,3-6,11-12H2,1-2H3. The van der Waals surface area contributed by atoms with E-state index in [4.69, 9.17) is 14.5 Å². The number of benzene rings is 1. The molecule has 1 atom stereocenters. The maximum atomic E-state index is 13.0. The minimum atomic E-state index is -0.589. The van der Waals surface area contributed by atoms with Crippen LogP contribution in [0.25, 0.3) is 0 Å². The van der Waals surface area contributed by atoms with Crippen LogP contribution in [0.4, 0.5) is 4.39 Å². The molecule has 0 aromatic heterocycles. The first-order valence-electron chi connectivity index (χ1n) is 7.59. The van der Waals surface area contributed by atoms with Crippen molar-refractivity contribution in [3.05, 3.63) is 35.6 Å². The summed E-state index contributed by atoms with van der Waals surface area (Å²) in [6.07, 6.45) is 1.64. The molecule has 0 saturated heterocycles. The summed E-state index contributed by atoms with van der Waals surface area (Å²) in [5.41, 5.74) is 0.686. The molecule has 0 spiro atoms. The monoisotopic (exact) mass is 313 g/mol. The first kappa shape index (κ1) is 18.5. The highest BCUT2D eigenvalue weighted by Gasteiger charge is 2.21. The van der Waals surface area contributed by atoms with Gasteiger partial charge in [-0.3, -0.25) is 0 Å². The molecule has 0 aliphatic carbocycles. The summed E-state index contributed by atoms with van der Waals surface area (Å²) in [6, 6.07) is 5.25. The van der Waals surface area contributed by atoms with Crippen molar-refractivity contribution < 1.29 is 23.7 Å². The van der Waals surface area contributed by atoms with Gasteiger partial charge in [-0.05, 0) is 50.9 Å². The lowest BCUT2D eigenvalue weighted by Crippen LogP contribution is -2.31. The summed E-state index contributed by atoms with van der Waals surface area (Å²) in [6.45, 7) is 5.57. The molecular weight excluding hydrogens is 289 g/mol. The molecule has 0 bridgehead atoms. The van der Waals surface area contributed by atoms with Gasteiger partial charge in [-0.1, -0.05) is 12.1 Å². The first-order chi connectivity index (χ1) is 10.7. The van der Waals surface area contributed by atoms with Gasteiger partial charge in [0.05, 0.1) is 19.8 Å². The fraction of sp³-hybridized carbons (Fsp3) is 0.562. The number of carbonyl (C=O) groups is 1. The number of ether oxygens (including phenoxy) is 1. The molecule has 0 fully saturated rings. The molecule has 1 rings (SSSR count). The summed E-state index contributed by atoms with van der Waals surface area (Å²) < 4.78 is 18.1. The number of hydrogen-bond donors (Lipinski definition) is 1. The third-order valence-electron chi connectivity index (χ3n) is 2.93. The molecule has 0 radical (unpaired) electrons. The van der Waals surface area contributed by atoms with Crippen LogP contribution >= 0.6 is 0 Å². The Kier molecular flexibility index (Phi) is 9.37. The van der Waals surface area contributed by atoms with Crippen LogP contribution in [0.3, 0.4) is 0 Å². The lowest BCUT2D eigenvalue weighted by Gasteiger charge is -2.17. The molecule has 1 aromatic carbocycles. The Hall–Kier alpha value is -1.50. The van der Waals surface area contributed by atoms with Crippen LogP contribution in [0.5, 0.6) is 0 Å². The lowest BCUT2D eigenvalue weighted by molar-refractivity contribution is -0.291. The van der Waals surface area contributed by atoms with E-state index in [-0.39, 0.29) is 11.8 Å². The number of hydrogen-bond acceptors (Lipinski definition) is 5. The topological polar surface area (TPSA) is 56.8 Å². The van der Waals surface area contributed by atoms with Crippen molar-refractivity contribution in [2.45, 2.75) is 32.7 Å². The second kappa shape index (κ2) is 11.1. The van der Waals surface area contributed by atoms with Crippen LogP contribution < -0.4 is 5.32 Å². The van der Waals surface area contributed by atoms with Gasteiger partial charge in [0.1, 0.15) is 11.9 Å². The Bertz CT molecular complexity index is 425. The van der Waals surface area contributed by atoms with Crippen molar-refractivity contribution in [1.82, 2.24) is 5.32 Å². The van der Waals surface area contributed by atoms with Gasteiger partial charge in [0.2, 0.25) is 0 Å². The SMILES string of the molecule is CCOOCCCCNC(C(=O)OCC)c1ccc(F)cc1. The van der Waals surface area contributed by atoms with E-state index >= 15 is 0 Å². The van der Waals surface area contributed by atoms with E-state index in [1.54, 1.807) is 19.1 Å². The normalized spacial score (nSPS) is 12.1. The van der Waals surface area contributed by atoms with E-state index in [0.717, 1.165) is 12.8 Å². The molecule has 22 heavy (non-hydrogen) atoms. The van der Waals surface area contributed by atoms with Crippen molar-refractivity contribution >= 4 is 5.97 Å². The third kappa shape index (κ3) is 6.98. The summed E-state index contributed by atoms with van der Waals surface area (Å²) in [5.74, 6) is -0.695. The highest BCUT2D eigenvalue weighted by molar-refractivity contribution is 5.77. The summed E-state index contributed by atoms with van der Waals surface area (Å²) in [7, 11) is 0. The summed E-state index contributed by atoms with van der Waals surface area (Å²) in [5, 5.41) is 3.14. The molecule has 5 nitrogen and oxygen atoms in total. The van der Waals surface area contributed by atoms with Crippen molar-refractivity contribution in [1.29, 1.82) is 0 Å². The molecule has 1 N–H and O–H groups in total. The Labute approximate surface area is 130 Å². The molecule has 1 aromatic rings. The van der Waals surface area contributed by atoms with Gasteiger partial charge in [-0.25, -0.2) is 19.0 Å². The summed E-state index contributed by atoms with van der Waals surface area (Å²) >= 11 is 0. The van der Waals surface area contributed by atoms with Crippen LogP contribution in [0.2, 0.25) is 0 Å². The third-order valence-corrected chi connectivity index (χ3v) is 2.93. The molecule has 0 aliphatic heterocycles. The predicted octanol–water partition coefficient (Wildman–Crippen LogP) is 2.77. The number of unbranched alkanes of at least 4 members (excludes halogenated alkanes) is 1. The van der Waals surface area contributed by atoms with Gasteiger partial charge >= 0.3 is 5.97 Å². The van der Waals surface area contributed by atoms with E-state index < -0.39 is 6.04 Å². The average molecular weight is 313 g/mol. The van der Waals surface area contributed by atoms with Gasteiger partial charge < -0.3 is 10.1 Å². The quantitative estimate of drug-likeness (QED) is 0.295. The molecule has 0 amide bonds. The minimum absolute atomic E-state index is 0.306. The van der Waals surface area contributed by atoms with E-state index in [0.29, 0.717) is 31.9 Å². The number of nitrogens with one attached hydrogen (secondary N) is 1. The molecule has 0 saturated carbocycles. The Morgan fingerprint density at radius 3 is 2.50 bits per heavy atom. The zero-order valence-electron chi connectivity index (χ0n) is 13.1. The smallest absolute Gasteiger partial charge is 0.327 e.